The van der Waals surface area contributed by atoms with E-state index in [1.807, 2.05) is 13.8 Å². The Bertz CT molecular complexity index is 1160. The Morgan fingerprint density at radius 3 is 2.43 bits per heavy atom. The topological polar surface area (TPSA) is 127 Å². The van der Waals surface area contributed by atoms with Gasteiger partial charge in [0.2, 0.25) is 0 Å². The van der Waals surface area contributed by atoms with E-state index < -0.39 is 41.5 Å². The van der Waals surface area contributed by atoms with Crippen molar-refractivity contribution in [2.75, 3.05) is 23.8 Å². The average molecular weight is 499 g/mol. The largest absolute Gasteiger partial charge is 0.452 e. The van der Waals surface area contributed by atoms with E-state index in [-0.39, 0.29) is 30.2 Å². The number of nitrogens with zero attached hydrogens (tertiary/aromatic N) is 2. The molecule has 0 aliphatic heterocycles. The minimum atomic E-state index is -4.65. The molecule has 0 saturated heterocycles. The fraction of sp³-hybridized carbons (Fsp3) is 0.478. The molecule has 0 bridgehead atoms. The number of benzene rings is 1. The summed E-state index contributed by atoms with van der Waals surface area (Å²) in [6.07, 6.45) is -1.26. The number of nitrogens with one attached hydrogen (secondary N) is 1. The Kier molecular flexibility index (Phi) is 9.67. The third kappa shape index (κ3) is 7.20. The van der Waals surface area contributed by atoms with E-state index in [0.717, 1.165) is 46.9 Å². The smallest absolute Gasteiger partial charge is 0.416 e. The number of alkyl halides is 3. The Labute approximate surface area is 199 Å². The van der Waals surface area contributed by atoms with Crippen LogP contribution in [0.25, 0.3) is 0 Å². The maximum Gasteiger partial charge on any atom is 0.416 e. The maximum absolute atomic E-state index is 13.0. The molecule has 12 heteroatoms. The van der Waals surface area contributed by atoms with Crippen LogP contribution in [0.15, 0.2) is 33.9 Å². The van der Waals surface area contributed by atoms with Crippen LogP contribution >= 0.6 is 0 Å². The number of carbonyl (C=O) groups is 2. The molecular formula is C23H29F3N4O5. The molecule has 3 N–H and O–H groups in total. The first-order valence-corrected chi connectivity index (χ1v) is 11.3. The summed E-state index contributed by atoms with van der Waals surface area (Å²) in [4.78, 5) is 53.3. The summed E-state index contributed by atoms with van der Waals surface area (Å²) >= 11 is 0. The Balaban J connectivity index is 2.31. The number of ether oxygens (including phenoxy) is 1. The van der Waals surface area contributed by atoms with Gasteiger partial charge in [-0.05, 0) is 31.0 Å². The molecule has 1 aromatic heterocycles. The first-order chi connectivity index (χ1) is 16.5. The lowest BCUT2D eigenvalue weighted by Crippen LogP contribution is -2.43. The van der Waals surface area contributed by atoms with Crippen LogP contribution in [0.2, 0.25) is 0 Å². The summed E-state index contributed by atoms with van der Waals surface area (Å²) in [5.74, 6) is -2.13. The van der Waals surface area contributed by atoms with E-state index in [2.05, 4.69) is 4.98 Å². The Morgan fingerprint density at radius 1 is 1.11 bits per heavy atom. The zero-order valence-corrected chi connectivity index (χ0v) is 19.6. The van der Waals surface area contributed by atoms with Crippen molar-refractivity contribution < 1.29 is 27.5 Å². The number of esters is 1. The van der Waals surface area contributed by atoms with Gasteiger partial charge in [0.1, 0.15) is 5.82 Å². The van der Waals surface area contributed by atoms with Crippen LogP contribution < -0.4 is 21.9 Å². The molecule has 1 amide bonds. The number of H-pyrrole nitrogens is 1. The SMILES string of the molecule is CCCCCN(C(=O)COC(=O)c1cccc(C(F)(F)F)c1)c1c(N)n(CCCC)c(=O)[nH]c1=O. The van der Waals surface area contributed by atoms with Gasteiger partial charge in [0.05, 0.1) is 11.1 Å². The molecule has 192 valence electrons. The molecule has 0 atom stereocenters. The third-order valence-corrected chi connectivity index (χ3v) is 5.26. The van der Waals surface area contributed by atoms with Crippen LogP contribution in [0.5, 0.6) is 0 Å². The molecule has 0 spiro atoms. The first kappa shape index (κ1) is 27.7. The number of hydrogen-bond acceptors (Lipinski definition) is 6. The zero-order chi connectivity index (χ0) is 26.2. The molecule has 35 heavy (non-hydrogen) atoms. The number of hydrogen-bond donors (Lipinski definition) is 2. The number of carbonyl (C=O) groups excluding carboxylic acids is 2. The van der Waals surface area contributed by atoms with Crippen molar-refractivity contribution in [2.45, 2.75) is 58.7 Å². The number of aromatic amines is 1. The normalized spacial score (nSPS) is 11.3. The molecule has 0 fully saturated rings. The molecule has 0 unspecified atom stereocenters. The van der Waals surface area contributed by atoms with Crippen molar-refractivity contribution in [1.82, 2.24) is 9.55 Å². The lowest BCUT2D eigenvalue weighted by Gasteiger charge is -2.24. The zero-order valence-electron chi connectivity index (χ0n) is 19.6. The highest BCUT2D eigenvalue weighted by Gasteiger charge is 2.31. The fourth-order valence-corrected chi connectivity index (χ4v) is 3.37. The standard InChI is InChI=1S/C23H29F3N4O5/c1-3-5-7-12-29(18-19(27)30(11-6-4-2)22(34)28-20(18)32)17(31)14-35-21(33)15-9-8-10-16(13-15)23(24,25)26/h8-10,13H,3-7,11-12,14,27H2,1-2H3,(H,28,32,34). The van der Waals surface area contributed by atoms with Crippen LogP contribution in [0, 0.1) is 0 Å². The molecular weight excluding hydrogens is 469 g/mol. The minimum absolute atomic E-state index is 0.0625. The van der Waals surface area contributed by atoms with Gasteiger partial charge >= 0.3 is 17.8 Å². The highest BCUT2D eigenvalue weighted by Crippen LogP contribution is 2.29. The van der Waals surface area contributed by atoms with Crippen molar-refractivity contribution in [1.29, 1.82) is 0 Å². The van der Waals surface area contributed by atoms with E-state index in [0.29, 0.717) is 18.9 Å². The van der Waals surface area contributed by atoms with E-state index in [1.165, 1.54) is 0 Å². The van der Waals surface area contributed by atoms with E-state index in [1.54, 1.807) is 0 Å². The molecule has 2 aromatic rings. The first-order valence-electron chi connectivity index (χ1n) is 11.3. The quantitative estimate of drug-likeness (QED) is 0.361. The molecule has 0 radical (unpaired) electrons. The lowest BCUT2D eigenvalue weighted by atomic mass is 10.1. The monoisotopic (exact) mass is 498 g/mol. The minimum Gasteiger partial charge on any atom is -0.452 e. The highest BCUT2D eigenvalue weighted by atomic mass is 19.4. The van der Waals surface area contributed by atoms with Crippen LogP contribution in [0.1, 0.15) is 61.9 Å². The van der Waals surface area contributed by atoms with E-state index in [4.69, 9.17) is 10.5 Å². The summed E-state index contributed by atoms with van der Waals surface area (Å²) in [7, 11) is 0. The van der Waals surface area contributed by atoms with E-state index in [9.17, 15) is 32.3 Å². The predicted molar refractivity (Wildman–Crippen MR) is 124 cm³/mol. The molecule has 2 rings (SSSR count). The number of halogens is 3. The van der Waals surface area contributed by atoms with Crippen molar-refractivity contribution in [3.05, 3.63) is 56.2 Å². The number of anilines is 2. The second kappa shape index (κ2) is 12.2. The Hall–Kier alpha value is -3.57. The van der Waals surface area contributed by atoms with Gasteiger partial charge in [0.15, 0.2) is 12.3 Å². The summed E-state index contributed by atoms with van der Waals surface area (Å²) in [5.41, 5.74) is 2.88. The van der Waals surface area contributed by atoms with Gasteiger partial charge in [-0.1, -0.05) is 39.2 Å². The number of nitrogens with two attached hydrogens (primary N) is 1. The van der Waals surface area contributed by atoms with Gasteiger partial charge in [0.25, 0.3) is 11.5 Å². The second-order valence-corrected chi connectivity index (χ2v) is 7.91. The van der Waals surface area contributed by atoms with Gasteiger partial charge in [-0.3, -0.25) is 19.1 Å². The van der Waals surface area contributed by atoms with Gasteiger partial charge in [0, 0.05) is 13.1 Å². The second-order valence-electron chi connectivity index (χ2n) is 7.91. The van der Waals surface area contributed by atoms with Crippen LogP contribution in [0.4, 0.5) is 24.7 Å². The number of amides is 1. The van der Waals surface area contributed by atoms with Gasteiger partial charge in [-0.25, -0.2) is 9.59 Å². The molecule has 1 aromatic carbocycles. The van der Waals surface area contributed by atoms with Gasteiger partial charge < -0.3 is 15.4 Å². The maximum atomic E-state index is 13.0. The third-order valence-electron chi connectivity index (χ3n) is 5.26. The fourth-order valence-electron chi connectivity index (χ4n) is 3.37. The number of aromatic nitrogens is 2. The summed E-state index contributed by atoms with van der Waals surface area (Å²) in [6.45, 7) is 3.30. The van der Waals surface area contributed by atoms with Crippen LogP contribution in [0.3, 0.4) is 0 Å². The molecule has 0 saturated carbocycles. The van der Waals surface area contributed by atoms with Crippen molar-refractivity contribution in [2.24, 2.45) is 0 Å². The molecule has 9 nitrogen and oxygen atoms in total. The average Bonchev–Trinajstić information content (AvgIpc) is 2.80. The summed E-state index contributed by atoms with van der Waals surface area (Å²) in [5, 5.41) is 0. The highest BCUT2D eigenvalue weighted by molar-refractivity contribution is 5.98. The van der Waals surface area contributed by atoms with Crippen molar-refractivity contribution in [3.8, 4) is 0 Å². The summed E-state index contributed by atoms with van der Waals surface area (Å²) in [6, 6.07) is 3.61. The molecule has 0 aliphatic rings. The number of rotatable bonds is 11. The Morgan fingerprint density at radius 2 is 1.80 bits per heavy atom. The van der Waals surface area contributed by atoms with Crippen molar-refractivity contribution in [3.63, 3.8) is 0 Å². The lowest BCUT2D eigenvalue weighted by molar-refractivity contribution is -0.137. The number of nitrogen functional groups attached to an aromatic ring is 1. The van der Waals surface area contributed by atoms with E-state index >= 15 is 0 Å². The summed E-state index contributed by atoms with van der Waals surface area (Å²) < 4.78 is 44.9. The van der Waals surface area contributed by atoms with Crippen molar-refractivity contribution >= 4 is 23.4 Å². The molecule has 0 aliphatic carbocycles. The predicted octanol–water partition coefficient (Wildman–Crippen LogP) is 3.32. The van der Waals surface area contributed by atoms with Gasteiger partial charge in [-0.2, -0.15) is 13.2 Å². The van der Waals surface area contributed by atoms with Gasteiger partial charge in [-0.15, -0.1) is 0 Å². The van der Waals surface area contributed by atoms with Crippen LogP contribution in [-0.4, -0.2) is 34.6 Å². The molecule has 1 heterocycles. The van der Waals surface area contributed by atoms with Crippen LogP contribution in [-0.2, 0) is 22.3 Å². The number of unbranched alkanes of at least 4 members (excludes halogenated alkanes) is 3.